The van der Waals surface area contributed by atoms with Crippen molar-refractivity contribution in [2.24, 2.45) is 0 Å². The van der Waals surface area contributed by atoms with Crippen LogP contribution in [-0.4, -0.2) is 44.3 Å². The molecule has 0 bridgehead atoms. The Balaban J connectivity index is 2.15. The zero-order valence-electron chi connectivity index (χ0n) is 12.4. The highest BCUT2D eigenvalue weighted by atomic mass is 79.9. The zero-order chi connectivity index (χ0) is 14.5. The van der Waals surface area contributed by atoms with Gasteiger partial charge in [-0.25, -0.2) is 0 Å². The molecule has 0 aliphatic carbocycles. The fraction of sp³-hybridized carbons (Fsp3) is 0.600. The molecule has 1 saturated heterocycles. The lowest BCUT2D eigenvalue weighted by Crippen LogP contribution is -2.48. The Labute approximate surface area is 129 Å². The molecule has 0 amide bonds. The summed E-state index contributed by atoms with van der Waals surface area (Å²) >= 11 is 3.57. The minimum atomic E-state index is 0.553. The van der Waals surface area contributed by atoms with Gasteiger partial charge in [0.05, 0.1) is 18.2 Å². The summed E-state index contributed by atoms with van der Waals surface area (Å²) in [6.45, 7) is 8.99. The molecule has 0 radical (unpaired) electrons. The summed E-state index contributed by atoms with van der Waals surface area (Å²) in [5.74, 6) is 1.58. The van der Waals surface area contributed by atoms with E-state index in [4.69, 9.17) is 9.47 Å². The third-order valence-electron chi connectivity index (χ3n) is 3.43. The van der Waals surface area contributed by atoms with Gasteiger partial charge in [-0.1, -0.05) is 0 Å². The first-order valence-corrected chi connectivity index (χ1v) is 7.88. The van der Waals surface area contributed by atoms with Crippen LogP contribution in [0.3, 0.4) is 0 Å². The monoisotopic (exact) mass is 342 g/mol. The fourth-order valence-electron chi connectivity index (χ4n) is 2.59. The van der Waals surface area contributed by atoms with Gasteiger partial charge in [-0.05, 0) is 47.5 Å². The molecule has 1 atom stereocenters. The van der Waals surface area contributed by atoms with E-state index in [0.29, 0.717) is 12.6 Å². The molecule has 1 N–H and O–H groups in total. The number of halogens is 1. The van der Waals surface area contributed by atoms with Crippen LogP contribution in [0.2, 0.25) is 0 Å². The minimum absolute atomic E-state index is 0.553. The smallest absolute Gasteiger partial charge is 0.174 e. The molecule has 0 spiro atoms. The van der Waals surface area contributed by atoms with Gasteiger partial charge < -0.3 is 14.8 Å². The van der Waals surface area contributed by atoms with E-state index in [9.17, 15) is 0 Å². The minimum Gasteiger partial charge on any atom is -0.492 e. The van der Waals surface area contributed by atoms with E-state index >= 15 is 0 Å². The summed E-state index contributed by atoms with van der Waals surface area (Å²) < 4.78 is 12.0. The summed E-state index contributed by atoms with van der Waals surface area (Å²) in [4.78, 5) is 2.46. The summed E-state index contributed by atoms with van der Waals surface area (Å²) in [6, 6.07) is 4.75. The van der Waals surface area contributed by atoms with Crippen LogP contribution in [0, 0.1) is 0 Å². The molecule has 5 heteroatoms. The molecule has 1 aliphatic heterocycles. The van der Waals surface area contributed by atoms with Gasteiger partial charge in [0.15, 0.2) is 11.5 Å². The molecule has 1 aromatic rings. The summed E-state index contributed by atoms with van der Waals surface area (Å²) in [7, 11) is 1.67. The molecule has 1 unspecified atom stereocenters. The fourth-order valence-corrected chi connectivity index (χ4v) is 3.24. The normalized spacial score (nSPS) is 19.9. The van der Waals surface area contributed by atoms with Crippen molar-refractivity contribution in [1.29, 1.82) is 0 Å². The average Bonchev–Trinajstić information content (AvgIpc) is 2.39. The number of nitrogens with zero attached hydrogens (tertiary/aromatic N) is 1. The molecule has 112 valence electrons. The van der Waals surface area contributed by atoms with Crippen LogP contribution in [0.4, 0.5) is 0 Å². The Kier molecular flexibility index (Phi) is 5.69. The van der Waals surface area contributed by atoms with Crippen LogP contribution >= 0.6 is 15.9 Å². The first-order valence-electron chi connectivity index (χ1n) is 7.09. The lowest BCUT2D eigenvalue weighted by Gasteiger charge is -2.32. The van der Waals surface area contributed by atoms with Crippen molar-refractivity contribution < 1.29 is 9.47 Å². The van der Waals surface area contributed by atoms with E-state index in [2.05, 4.69) is 45.2 Å². The predicted octanol–water partition coefficient (Wildman–Crippen LogP) is 2.65. The molecule has 2 rings (SSSR count). The Hall–Kier alpha value is -0.780. The van der Waals surface area contributed by atoms with E-state index in [-0.39, 0.29) is 0 Å². The summed E-state index contributed by atoms with van der Waals surface area (Å²) in [6.07, 6.45) is 0. The molecular weight excluding hydrogens is 320 g/mol. The van der Waals surface area contributed by atoms with Gasteiger partial charge in [-0.3, -0.25) is 4.90 Å². The third kappa shape index (κ3) is 3.87. The van der Waals surface area contributed by atoms with Crippen LogP contribution in [0.1, 0.15) is 19.4 Å². The summed E-state index contributed by atoms with van der Waals surface area (Å²) in [5.41, 5.74) is 1.25. The number of methoxy groups -OCH3 is 1. The quantitative estimate of drug-likeness (QED) is 0.891. The maximum Gasteiger partial charge on any atom is 0.174 e. The van der Waals surface area contributed by atoms with Gasteiger partial charge in [-0.15, -0.1) is 0 Å². The molecule has 1 heterocycles. The second-order valence-electron chi connectivity index (χ2n) is 5.13. The largest absolute Gasteiger partial charge is 0.492 e. The van der Waals surface area contributed by atoms with Crippen molar-refractivity contribution in [2.75, 3.05) is 33.4 Å². The maximum absolute atomic E-state index is 5.67. The second kappa shape index (κ2) is 7.29. The van der Waals surface area contributed by atoms with E-state index in [1.54, 1.807) is 7.11 Å². The number of benzene rings is 1. The van der Waals surface area contributed by atoms with Gasteiger partial charge in [0.25, 0.3) is 0 Å². The van der Waals surface area contributed by atoms with Crippen molar-refractivity contribution in [3.8, 4) is 11.5 Å². The van der Waals surface area contributed by atoms with E-state index in [1.165, 1.54) is 5.56 Å². The van der Waals surface area contributed by atoms with Gasteiger partial charge in [-0.2, -0.15) is 0 Å². The van der Waals surface area contributed by atoms with Crippen LogP contribution in [-0.2, 0) is 6.54 Å². The van der Waals surface area contributed by atoms with E-state index in [1.807, 2.05) is 6.92 Å². The van der Waals surface area contributed by atoms with Gasteiger partial charge >= 0.3 is 0 Å². The molecule has 0 aromatic heterocycles. The topological polar surface area (TPSA) is 33.7 Å². The molecule has 1 fully saturated rings. The lowest BCUT2D eigenvalue weighted by atomic mass is 10.1. The lowest BCUT2D eigenvalue weighted by molar-refractivity contribution is 0.199. The van der Waals surface area contributed by atoms with Crippen LogP contribution in [0.15, 0.2) is 16.6 Å². The number of hydrogen-bond acceptors (Lipinski definition) is 4. The van der Waals surface area contributed by atoms with Crippen LogP contribution in [0.25, 0.3) is 0 Å². The van der Waals surface area contributed by atoms with E-state index < -0.39 is 0 Å². The summed E-state index contributed by atoms with van der Waals surface area (Å²) in [5, 5.41) is 3.46. The standard InChI is InChI=1S/C15H23BrN2O2/c1-4-20-14-8-12(7-13(16)15(14)19-3)10-18-6-5-17-11(2)9-18/h7-8,11,17H,4-6,9-10H2,1-3H3. The van der Waals surface area contributed by atoms with Crippen LogP contribution in [0.5, 0.6) is 11.5 Å². The molecule has 0 saturated carbocycles. The average molecular weight is 343 g/mol. The third-order valence-corrected chi connectivity index (χ3v) is 4.02. The Morgan fingerprint density at radius 2 is 2.25 bits per heavy atom. The number of rotatable bonds is 5. The molecule has 20 heavy (non-hydrogen) atoms. The molecule has 4 nitrogen and oxygen atoms in total. The van der Waals surface area contributed by atoms with Crippen molar-refractivity contribution in [3.05, 3.63) is 22.2 Å². The number of nitrogens with one attached hydrogen (secondary N) is 1. The SMILES string of the molecule is CCOc1cc(CN2CCNC(C)C2)cc(Br)c1OC. The molecular formula is C15H23BrN2O2. The number of ether oxygens (including phenoxy) is 2. The van der Waals surface area contributed by atoms with Gasteiger partial charge in [0.2, 0.25) is 0 Å². The molecule has 1 aromatic carbocycles. The highest BCUT2D eigenvalue weighted by molar-refractivity contribution is 9.10. The van der Waals surface area contributed by atoms with Crippen molar-refractivity contribution in [3.63, 3.8) is 0 Å². The Morgan fingerprint density at radius 3 is 2.90 bits per heavy atom. The number of piperazine rings is 1. The molecule has 1 aliphatic rings. The first kappa shape index (κ1) is 15.6. The van der Waals surface area contributed by atoms with Crippen molar-refractivity contribution >= 4 is 15.9 Å². The van der Waals surface area contributed by atoms with Gasteiger partial charge in [0, 0.05) is 32.2 Å². The van der Waals surface area contributed by atoms with Crippen molar-refractivity contribution in [1.82, 2.24) is 10.2 Å². The second-order valence-corrected chi connectivity index (χ2v) is 5.99. The number of hydrogen-bond donors (Lipinski definition) is 1. The Morgan fingerprint density at radius 1 is 1.45 bits per heavy atom. The Bertz CT molecular complexity index is 454. The first-order chi connectivity index (χ1) is 9.63. The predicted molar refractivity (Wildman–Crippen MR) is 84.6 cm³/mol. The van der Waals surface area contributed by atoms with Gasteiger partial charge in [0.1, 0.15) is 0 Å². The van der Waals surface area contributed by atoms with Crippen LogP contribution < -0.4 is 14.8 Å². The highest BCUT2D eigenvalue weighted by Gasteiger charge is 2.17. The van der Waals surface area contributed by atoms with Crippen molar-refractivity contribution in [2.45, 2.75) is 26.4 Å². The van der Waals surface area contributed by atoms with E-state index in [0.717, 1.165) is 42.2 Å². The zero-order valence-corrected chi connectivity index (χ0v) is 14.0. The highest BCUT2D eigenvalue weighted by Crippen LogP contribution is 2.36. The maximum atomic E-state index is 5.67.